The number of Topliss-reactive ketones (excluding diaryl/α,β-unsaturated/α-hetero) is 1. The van der Waals surface area contributed by atoms with Crippen molar-refractivity contribution in [2.75, 3.05) is 13.2 Å². The van der Waals surface area contributed by atoms with Gasteiger partial charge in [0.15, 0.2) is 0 Å². The molecular formula is C14H28O2. The predicted molar refractivity (Wildman–Crippen MR) is 68.6 cm³/mol. The van der Waals surface area contributed by atoms with Gasteiger partial charge in [-0.15, -0.1) is 0 Å². The van der Waals surface area contributed by atoms with E-state index < -0.39 is 0 Å². The van der Waals surface area contributed by atoms with E-state index in [0.717, 1.165) is 19.4 Å². The van der Waals surface area contributed by atoms with Crippen molar-refractivity contribution in [2.24, 2.45) is 10.8 Å². The molecule has 0 amide bonds. The molecule has 0 atom stereocenters. The molecule has 0 saturated carbocycles. The first-order chi connectivity index (χ1) is 7.13. The van der Waals surface area contributed by atoms with E-state index >= 15 is 0 Å². The first kappa shape index (κ1) is 15.6. The third-order valence-corrected chi connectivity index (χ3v) is 2.53. The van der Waals surface area contributed by atoms with Crippen molar-refractivity contribution >= 4 is 5.78 Å². The van der Waals surface area contributed by atoms with Gasteiger partial charge in [0.05, 0.1) is 0 Å². The lowest BCUT2D eigenvalue weighted by Crippen LogP contribution is -2.20. The summed E-state index contributed by atoms with van der Waals surface area (Å²) >= 11 is 0. The molecule has 0 aromatic rings. The molecule has 0 spiro atoms. The van der Waals surface area contributed by atoms with Crippen LogP contribution < -0.4 is 0 Å². The summed E-state index contributed by atoms with van der Waals surface area (Å²) in [5.74, 6) is 0.326. The maximum Gasteiger partial charge on any atom is 0.138 e. The average Bonchev–Trinajstić information content (AvgIpc) is 2.07. The fourth-order valence-electron chi connectivity index (χ4n) is 1.19. The van der Waals surface area contributed by atoms with E-state index in [1.807, 2.05) is 20.8 Å². The lowest BCUT2D eigenvalue weighted by atomic mass is 9.88. The summed E-state index contributed by atoms with van der Waals surface area (Å²) in [5.41, 5.74) is 0.132. The van der Waals surface area contributed by atoms with Gasteiger partial charge in [0.1, 0.15) is 5.78 Å². The van der Waals surface area contributed by atoms with E-state index in [4.69, 9.17) is 4.74 Å². The summed E-state index contributed by atoms with van der Waals surface area (Å²) in [4.78, 5) is 11.6. The maximum absolute atomic E-state index is 11.6. The number of hydrogen-bond donors (Lipinski definition) is 0. The number of carbonyl (C=O) groups is 1. The third-order valence-electron chi connectivity index (χ3n) is 2.53. The third kappa shape index (κ3) is 8.90. The molecule has 0 aromatic carbocycles. The molecule has 2 heteroatoms. The van der Waals surface area contributed by atoms with Crippen LogP contribution in [0.3, 0.4) is 0 Å². The first-order valence-electron chi connectivity index (χ1n) is 6.24. The number of rotatable bonds is 6. The SMILES string of the molecule is CC(C)(C)CCOCCCC(=O)C(C)(C)C. The number of ketones is 1. The zero-order valence-corrected chi connectivity index (χ0v) is 11.9. The van der Waals surface area contributed by atoms with Crippen molar-refractivity contribution in [1.29, 1.82) is 0 Å². The van der Waals surface area contributed by atoms with Gasteiger partial charge >= 0.3 is 0 Å². The molecule has 0 saturated heterocycles. The highest BCUT2D eigenvalue weighted by Gasteiger charge is 2.20. The minimum absolute atomic E-state index is 0.203. The smallest absolute Gasteiger partial charge is 0.138 e. The van der Waals surface area contributed by atoms with Crippen LogP contribution in [0.15, 0.2) is 0 Å². The summed E-state index contributed by atoms with van der Waals surface area (Å²) < 4.78 is 5.52. The van der Waals surface area contributed by atoms with Gasteiger partial charge in [-0.05, 0) is 18.3 Å². The van der Waals surface area contributed by atoms with Crippen LogP contribution in [0.25, 0.3) is 0 Å². The molecule has 0 fully saturated rings. The lowest BCUT2D eigenvalue weighted by Gasteiger charge is -2.18. The molecule has 0 heterocycles. The second-order valence-corrected chi connectivity index (χ2v) is 6.70. The van der Waals surface area contributed by atoms with Crippen molar-refractivity contribution in [3.8, 4) is 0 Å². The van der Waals surface area contributed by atoms with E-state index in [9.17, 15) is 4.79 Å². The summed E-state index contributed by atoms with van der Waals surface area (Å²) in [6.07, 6.45) is 2.56. The Labute approximate surface area is 101 Å². The average molecular weight is 228 g/mol. The summed E-state index contributed by atoms with van der Waals surface area (Å²) in [7, 11) is 0. The summed E-state index contributed by atoms with van der Waals surface area (Å²) in [6, 6.07) is 0. The van der Waals surface area contributed by atoms with Crippen LogP contribution in [0.2, 0.25) is 0 Å². The Morgan fingerprint density at radius 3 is 2.00 bits per heavy atom. The Balaban J connectivity index is 3.45. The molecule has 0 aliphatic rings. The molecule has 16 heavy (non-hydrogen) atoms. The van der Waals surface area contributed by atoms with Gasteiger partial charge in [0.25, 0.3) is 0 Å². The van der Waals surface area contributed by atoms with Gasteiger partial charge in [-0.1, -0.05) is 41.5 Å². The zero-order valence-electron chi connectivity index (χ0n) is 11.9. The molecule has 2 nitrogen and oxygen atoms in total. The highest BCUT2D eigenvalue weighted by molar-refractivity contribution is 5.83. The van der Waals surface area contributed by atoms with Crippen LogP contribution in [0.1, 0.15) is 60.8 Å². The molecule has 0 bridgehead atoms. The summed E-state index contributed by atoms with van der Waals surface area (Å²) in [5, 5.41) is 0. The number of ether oxygens (including phenoxy) is 1. The van der Waals surface area contributed by atoms with E-state index in [0.29, 0.717) is 24.2 Å². The first-order valence-corrected chi connectivity index (χ1v) is 6.24. The van der Waals surface area contributed by atoms with Gasteiger partial charge in [0.2, 0.25) is 0 Å². The molecule has 96 valence electrons. The quantitative estimate of drug-likeness (QED) is 0.646. The molecule has 0 unspecified atom stereocenters. The Morgan fingerprint density at radius 1 is 1.00 bits per heavy atom. The van der Waals surface area contributed by atoms with Crippen LogP contribution in [0, 0.1) is 10.8 Å². The topological polar surface area (TPSA) is 26.3 Å². The Hall–Kier alpha value is -0.370. The Morgan fingerprint density at radius 2 is 1.56 bits per heavy atom. The van der Waals surface area contributed by atoms with Crippen LogP contribution >= 0.6 is 0 Å². The number of carbonyl (C=O) groups excluding carboxylic acids is 1. The molecule has 0 rings (SSSR count). The van der Waals surface area contributed by atoms with Gasteiger partial charge in [-0.25, -0.2) is 0 Å². The van der Waals surface area contributed by atoms with Crippen LogP contribution in [0.4, 0.5) is 0 Å². The fraction of sp³-hybridized carbons (Fsp3) is 0.929. The van der Waals surface area contributed by atoms with E-state index in [1.54, 1.807) is 0 Å². The zero-order chi connectivity index (χ0) is 12.8. The van der Waals surface area contributed by atoms with E-state index in [-0.39, 0.29) is 5.41 Å². The maximum atomic E-state index is 11.6. The van der Waals surface area contributed by atoms with E-state index in [2.05, 4.69) is 20.8 Å². The summed E-state index contributed by atoms with van der Waals surface area (Å²) in [6.45, 7) is 14.0. The van der Waals surface area contributed by atoms with E-state index in [1.165, 1.54) is 0 Å². The Bertz CT molecular complexity index is 206. The fourth-order valence-corrected chi connectivity index (χ4v) is 1.19. The van der Waals surface area contributed by atoms with Gasteiger partial charge in [0, 0.05) is 25.0 Å². The lowest BCUT2D eigenvalue weighted by molar-refractivity contribution is -0.126. The minimum atomic E-state index is -0.203. The molecule has 0 N–H and O–H groups in total. The standard InChI is InChI=1S/C14H28O2/c1-13(2,3)9-11-16-10-7-8-12(15)14(4,5)6/h7-11H2,1-6H3. The Kier molecular flexibility index (Phi) is 6.24. The second kappa shape index (κ2) is 6.39. The minimum Gasteiger partial charge on any atom is -0.381 e. The van der Waals surface area contributed by atoms with Crippen LogP contribution in [-0.2, 0) is 9.53 Å². The van der Waals surface area contributed by atoms with Gasteiger partial charge < -0.3 is 4.74 Å². The second-order valence-electron chi connectivity index (χ2n) is 6.70. The molecule has 0 radical (unpaired) electrons. The van der Waals surface area contributed by atoms with Crippen molar-refractivity contribution < 1.29 is 9.53 Å². The van der Waals surface area contributed by atoms with Gasteiger partial charge in [-0.2, -0.15) is 0 Å². The van der Waals surface area contributed by atoms with Crippen LogP contribution in [-0.4, -0.2) is 19.0 Å². The molecule has 0 aliphatic carbocycles. The monoisotopic (exact) mass is 228 g/mol. The van der Waals surface area contributed by atoms with Crippen molar-refractivity contribution in [3.63, 3.8) is 0 Å². The normalized spacial score (nSPS) is 12.9. The highest BCUT2D eigenvalue weighted by Crippen LogP contribution is 2.19. The molecule has 0 aromatic heterocycles. The number of hydrogen-bond acceptors (Lipinski definition) is 2. The highest BCUT2D eigenvalue weighted by atomic mass is 16.5. The van der Waals surface area contributed by atoms with Crippen molar-refractivity contribution in [1.82, 2.24) is 0 Å². The van der Waals surface area contributed by atoms with Gasteiger partial charge in [-0.3, -0.25) is 4.79 Å². The predicted octanol–water partition coefficient (Wildman–Crippen LogP) is 3.83. The molecular weight excluding hydrogens is 200 g/mol. The molecule has 0 aliphatic heterocycles. The van der Waals surface area contributed by atoms with Crippen molar-refractivity contribution in [2.45, 2.75) is 60.8 Å². The largest absolute Gasteiger partial charge is 0.381 e. The van der Waals surface area contributed by atoms with Crippen LogP contribution in [0.5, 0.6) is 0 Å². The van der Waals surface area contributed by atoms with Crippen molar-refractivity contribution in [3.05, 3.63) is 0 Å².